The van der Waals surface area contributed by atoms with Crippen LogP contribution in [-0.2, 0) is 11.2 Å². The Morgan fingerprint density at radius 1 is 1.12 bits per heavy atom. The van der Waals surface area contributed by atoms with Gasteiger partial charge in [0, 0.05) is 12.1 Å². The molecule has 1 heterocycles. The third kappa shape index (κ3) is 3.43. The van der Waals surface area contributed by atoms with Crippen LogP contribution in [0.5, 0.6) is 0 Å². The summed E-state index contributed by atoms with van der Waals surface area (Å²) in [6, 6.07) is 12.2. The SMILES string of the molecule is C/C(=N\Nc1ccc(C(=O)O)cc1)c1ccc2c(c1)CCC(=O)N2. The summed E-state index contributed by atoms with van der Waals surface area (Å²) in [5.74, 6) is -0.908. The molecule has 0 unspecified atom stereocenters. The molecule has 122 valence electrons. The number of hydrogen-bond acceptors (Lipinski definition) is 4. The van der Waals surface area contributed by atoms with Crippen LogP contribution in [0.25, 0.3) is 0 Å². The van der Waals surface area contributed by atoms with Gasteiger partial charge >= 0.3 is 5.97 Å². The van der Waals surface area contributed by atoms with Crippen molar-refractivity contribution in [2.24, 2.45) is 5.10 Å². The van der Waals surface area contributed by atoms with Crippen molar-refractivity contribution in [3.63, 3.8) is 0 Å². The lowest BCUT2D eigenvalue weighted by atomic mass is 9.99. The number of hydrogen-bond donors (Lipinski definition) is 3. The third-order valence-corrected chi connectivity index (χ3v) is 3.90. The number of anilines is 2. The lowest BCUT2D eigenvalue weighted by molar-refractivity contribution is -0.116. The molecule has 0 saturated heterocycles. The van der Waals surface area contributed by atoms with Crippen molar-refractivity contribution < 1.29 is 14.7 Å². The summed E-state index contributed by atoms with van der Waals surface area (Å²) in [5, 5.41) is 16.1. The number of fused-ring (bicyclic) bond motifs is 1. The fourth-order valence-corrected chi connectivity index (χ4v) is 2.51. The van der Waals surface area contributed by atoms with E-state index in [0.717, 1.165) is 28.9 Å². The Kier molecular flexibility index (Phi) is 4.29. The number of carboxylic acids is 1. The lowest BCUT2D eigenvalue weighted by Gasteiger charge is -2.17. The molecule has 2 aromatic rings. The van der Waals surface area contributed by atoms with Gasteiger partial charge < -0.3 is 10.4 Å². The largest absolute Gasteiger partial charge is 0.478 e. The van der Waals surface area contributed by atoms with Crippen molar-refractivity contribution in [2.45, 2.75) is 19.8 Å². The first-order valence-electron chi connectivity index (χ1n) is 7.60. The van der Waals surface area contributed by atoms with Crippen molar-refractivity contribution in [1.29, 1.82) is 0 Å². The number of rotatable bonds is 4. The van der Waals surface area contributed by atoms with Crippen molar-refractivity contribution in [3.05, 3.63) is 59.2 Å². The third-order valence-electron chi connectivity index (χ3n) is 3.90. The predicted molar refractivity (Wildman–Crippen MR) is 92.6 cm³/mol. The number of carbonyl (C=O) groups excluding carboxylic acids is 1. The number of amides is 1. The number of carboxylic acid groups (broad SMARTS) is 1. The van der Waals surface area contributed by atoms with Crippen molar-refractivity contribution >= 4 is 29.0 Å². The van der Waals surface area contributed by atoms with Gasteiger partial charge in [-0.3, -0.25) is 10.2 Å². The van der Waals surface area contributed by atoms with Crippen LogP contribution in [0.2, 0.25) is 0 Å². The molecule has 3 rings (SSSR count). The van der Waals surface area contributed by atoms with Crippen LogP contribution < -0.4 is 10.7 Å². The summed E-state index contributed by atoms with van der Waals surface area (Å²) in [6.45, 7) is 1.89. The highest BCUT2D eigenvalue weighted by Crippen LogP contribution is 2.24. The second kappa shape index (κ2) is 6.54. The van der Waals surface area contributed by atoms with E-state index >= 15 is 0 Å². The summed E-state index contributed by atoms with van der Waals surface area (Å²) in [7, 11) is 0. The minimum atomic E-state index is -0.956. The standard InChI is InChI=1S/C18H17N3O3/c1-11(20-21-15-6-2-12(3-7-15)18(23)24)13-4-8-16-14(10-13)5-9-17(22)19-16/h2-4,6-8,10,21H,5,9H2,1H3,(H,19,22)(H,23,24)/b20-11+. The first-order valence-corrected chi connectivity index (χ1v) is 7.60. The Morgan fingerprint density at radius 2 is 1.83 bits per heavy atom. The Balaban J connectivity index is 1.74. The van der Waals surface area contributed by atoms with Gasteiger partial charge in [0.05, 0.1) is 17.0 Å². The van der Waals surface area contributed by atoms with E-state index in [1.165, 1.54) is 12.1 Å². The highest BCUT2D eigenvalue weighted by molar-refractivity contribution is 6.01. The van der Waals surface area contributed by atoms with E-state index in [9.17, 15) is 9.59 Å². The molecule has 1 aliphatic heterocycles. The number of hydrazone groups is 1. The van der Waals surface area contributed by atoms with Gasteiger partial charge in [-0.1, -0.05) is 6.07 Å². The number of benzene rings is 2. The molecule has 0 radical (unpaired) electrons. The average Bonchev–Trinajstić information content (AvgIpc) is 2.59. The van der Waals surface area contributed by atoms with Gasteiger partial charge in [-0.15, -0.1) is 0 Å². The van der Waals surface area contributed by atoms with E-state index in [4.69, 9.17) is 5.11 Å². The van der Waals surface area contributed by atoms with E-state index in [1.807, 2.05) is 25.1 Å². The molecule has 1 aliphatic rings. The number of aromatic carboxylic acids is 1. The molecule has 2 aromatic carbocycles. The van der Waals surface area contributed by atoms with Crippen LogP contribution in [0.1, 0.15) is 34.8 Å². The van der Waals surface area contributed by atoms with Crippen molar-refractivity contribution in [3.8, 4) is 0 Å². The van der Waals surface area contributed by atoms with Gasteiger partial charge in [0.1, 0.15) is 0 Å². The monoisotopic (exact) mass is 323 g/mol. The number of aryl methyl sites for hydroxylation is 1. The maximum absolute atomic E-state index is 11.4. The topological polar surface area (TPSA) is 90.8 Å². The molecule has 0 aliphatic carbocycles. The average molecular weight is 323 g/mol. The normalized spacial score (nSPS) is 13.9. The van der Waals surface area contributed by atoms with Gasteiger partial charge in [-0.2, -0.15) is 5.10 Å². The van der Waals surface area contributed by atoms with Crippen LogP contribution in [0.3, 0.4) is 0 Å². The van der Waals surface area contributed by atoms with Crippen LogP contribution in [0, 0.1) is 0 Å². The first-order chi connectivity index (χ1) is 11.5. The van der Waals surface area contributed by atoms with Crippen LogP contribution in [-0.4, -0.2) is 22.7 Å². The Hall–Kier alpha value is -3.15. The van der Waals surface area contributed by atoms with Gasteiger partial charge in [-0.25, -0.2) is 4.79 Å². The lowest BCUT2D eigenvalue weighted by Crippen LogP contribution is -2.19. The maximum Gasteiger partial charge on any atom is 0.335 e. The predicted octanol–water partition coefficient (Wildman–Crippen LogP) is 3.11. The summed E-state index contributed by atoms with van der Waals surface area (Å²) < 4.78 is 0. The molecule has 0 aromatic heterocycles. The fraction of sp³-hybridized carbons (Fsp3) is 0.167. The van der Waals surface area contributed by atoms with Gasteiger partial charge in [0.15, 0.2) is 0 Å². The highest BCUT2D eigenvalue weighted by Gasteiger charge is 2.15. The molecular formula is C18H17N3O3. The minimum Gasteiger partial charge on any atom is -0.478 e. The number of carbonyl (C=O) groups is 2. The second-order valence-electron chi connectivity index (χ2n) is 5.61. The zero-order chi connectivity index (χ0) is 17.1. The summed E-state index contributed by atoms with van der Waals surface area (Å²) in [6.07, 6.45) is 1.23. The van der Waals surface area contributed by atoms with Crippen LogP contribution in [0.4, 0.5) is 11.4 Å². The molecule has 24 heavy (non-hydrogen) atoms. The molecule has 0 bridgehead atoms. The molecule has 0 spiro atoms. The van der Waals surface area contributed by atoms with E-state index in [2.05, 4.69) is 15.8 Å². The molecule has 0 atom stereocenters. The Bertz CT molecular complexity index is 826. The fourth-order valence-electron chi connectivity index (χ4n) is 2.51. The molecule has 6 heteroatoms. The Morgan fingerprint density at radius 3 is 2.54 bits per heavy atom. The summed E-state index contributed by atoms with van der Waals surface area (Å²) in [5.41, 5.74) is 7.61. The van der Waals surface area contributed by atoms with Crippen LogP contribution in [0.15, 0.2) is 47.6 Å². The summed E-state index contributed by atoms with van der Waals surface area (Å²) >= 11 is 0. The highest BCUT2D eigenvalue weighted by atomic mass is 16.4. The molecule has 3 N–H and O–H groups in total. The van der Waals surface area contributed by atoms with Crippen molar-refractivity contribution in [1.82, 2.24) is 0 Å². The van der Waals surface area contributed by atoms with E-state index in [-0.39, 0.29) is 11.5 Å². The molecule has 0 fully saturated rings. The van der Waals surface area contributed by atoms with E-state index in [0.29, 0.717) is 12.1 Å². The zero-order valence-corrected chi connectivity index (χ0v) is 13.2. The molecule has 0 saturated carbocycles. The maximum atomic E-state index is 11.4. The quantitative estimate of drug-likeness (QED) is 0.595. The minimum absolute atomic E-state index is 0.0483. The molecular weight excluding hydrogens is 306 g/mol. The van der Waals surface area contributed by atoms with Crippen LogP contribution >= 0.6 is 0 Å². The van der Waals surface area contributed by atoms with Gasteiger partial charge in [0.25, 0.3) is 0 Å². The van der Waals surface area contributed by atoms with E-state index in [1.54, 1.807) is 12.1 Å². The number of nitrogens with one attached hydrogen (secondary N) is 2. The van der Waals surface area contributed by atoms with Gasteiger partial charge in [-0.05, 0) is 60.9 Å². The van der Waals surface area contributed by atoms with E-state index < -0.39 is 5.97 Å². The Labute approximate surface area is 139 Å². The first kappa shape index (κ1) is 15.7. The van der Waals surface area contributed by atoms with Crippen molar-refractivity contribution in [2.75, 3.05) is 10.7 Å². The second-order valence-corrected chi connectivity index (χ2v) is 5.61. The summed E-state index contributed by atoms with van der Waals surface area (Å²) in [4.78, 5) is 22.2. The number of nitrogens with zero attached hydrogens (tertiary/aromatic N) is 1. The molecule has 1 amide bonds. The molecule has 6 nitrogen and oxygen atoms in total. The zero-order valence-electron chi connectivity index (χ0n) is 13.2. The smallest absolute Gasteiger partial charge is 0.335 e. The van der Waals surface area contributed by atoms with Gasteiger partial charge in [0.2, 0.25) is 5.91 Å².